The monoisotopic (exact) mass is 639 g/mol. The van der Waals surface area contributed by atoms with Crippen LogP contribution in [-0.4, -0.2) is 15.0 Å². The van der Waals surface area contributed by atoms with Gasteiger partial charge in [-0.25, -0.2) is 9.97 Å². The number of allylic oxidation sites excluding steroid dienone is 4. The molecule has 50 heavy (non-hydrogen) atoms. The van der Waals surface area contributed by atoms with Crippen LogP contribution in [0.4, 0.5) is 0 Å². The van der Waals surface area contributed by atoms with Crippen LogP contribution in [0.25, 0.3) is 72.0 Å². The molecule has 0 N–H and O–H groups in total. The van der Waals surface area contributed by atoms with E-state index in [0.29, 0.717) is 5.92 Å². The molecule has 6 aromatic carbocycles. The van der Waals surface area contributed by atoms with Crippen molar-refractivity contribution < 1.29 is 0 Å². The van der Waals surface area contributed by atoms with E-state index in [4.69, 9.17) is 9.97 Å². The zero-order valence-electron chi connectivity index (χ0n) is 27.4. The standard InChI is InChI=1S/C47H33N3/c1-2-9-32(10-3-1)33-17-23-37(24-18-33)45-30-46(38-25-19-34(20-26-38)41-29-40-12-5-7-16-44(40)48-31-41)50-47(49-45)39-27-21-36(22-28-39)43-15-8-13-35-11-4-6-14-42(35)43/h1-21,23-31,36H,22H2. The maximum absolute atomic E-state index is 5.17. The Bertz CT molecular complexity index is 2540. The molecule has 1 aliphatic rings. The second-order valence-corrected chi connectivity index (χ2v) is 12.8. The molecule has 2 heterocycles. The Labute approximate surface area is 292 Å². The number of benzene rings is 6. The molecule has 0 fully saturated rings. The third kappa shape index (κ3) is 5.80. The van der Waals surface area contributed by atoms with Crippen LogP contribution in [-0.2, 0) is 0 Å². The smallest absolute Gasteiger partial charge is 0.160 e. The van der Waals surface area contributed by atoms with E-state index in [-0.39, 0.29) is 0 Å². The number of hydrogen-bond acceptors (Lipinski definition) is 3. The molecule has 3 nitrogen and oxygen atoms in total. The number of hydrogen-bond donors (Lipinski definition) is 0. The molecule has 0 spiro atoms. The summed E-state index contributed by atoms with van der Waals surface area (Å²) in [5.41, 5.74) is 11.9. The van der Waals surface area contributed by atoms with Crippen molar-refractivity contribution in [2.45, 2.75) is 12.3 Å². The molecule has 1 aliphatic carbocycles. The van der Waals surface area contributed by atoms with Gasteiger partial charge in [-0.05, 0) is 57.6 Å². The average Bonchev–Trinajstić information content (AvgIpc) is 3.21. The summed E-state index contributed by atoms with van der Waals surface area (Å²) in [6.07, 6.45) is 9.65. The lowest BCUT2D eigenvalue weighted by atomic mass is 9.87. The van der Waals surface area contributed by atoms with Crippen LogP contribution < -0.4 is 0 Å². The topological polar surface area (TPSA) is 38.7 Å². The molecule has 9 rings (SSSR count). The van der Waals surface area contributed by atoms with Crippen LogP contribution in [0.1, 0.15) is 23.7 Å². The summed E-state index contributed by atoms with van der Waals surface area (Å²) in [5, 5.41) is 3.72. The van der Waals surface area contributed by atoms with Crippen molar-refractivity contribution in [2.24, 2.45) is 0 Å². The maximum atomic E-state index is 5.17. The minimum Gasteiger partial charge on any atom is -0.256 e. The Morgan fingerprint density at radius 1 is 0.480 bits per heavy atom. The minimum atomic E-state index is 0.301. The minimum absolute atomic E-state index is 0.301. The van der Waals surface area contributed by atoms with Crippen molar-refractivity contribution in [1.82, 2.24) is 15.0 Å². The lowest BCUT2D eigenvalue weighted by molar-refractivity contribution is 0.862. The number of aromatic nitrogens is 3. The molecule has 0 bridgehead atoms. The van der Waals surface area contributed by atoms with E-state index in [9.17, 15) is 0 Å². The molecular weight excluding hydrogens is 607 g/mol. The summed E-state index contributed by atoms with van der Waals surface area (Å²) in [6.45, 7) is 0. The van der Waals surface area contributed by atoms with Crippen molar-refractivity contribution in [3.05, 3.63) is 194 Å². The van der Waals surface area contributed by atoms with E-state index in [1.807, 2.05) is 24.4 Å². The Hall–Kier alpha value is -6.45. The second-order valence-electron chi connectivity index (χ2n) is 12.8. The first-order valence-electron chi connectivity index (χ1n) is 17.1. The highest BCUT2D eigenvalue weighted by Crippen LogP contribution is 2.35. The lowest BCUT2D eigenvalue weighted by Crippen LogP contribution is -2.03. The normalized spacial score (nSPS) is 14.2. The van der Waals surface area contributed by atoms with Crippen LogP contribution in [0.3, 0.4) is 0 Å². The van der Waals surface area contributed by atoms with E-state index in [2.05, 4.69) is 163 Å². The number of fused-ring (bicyclic) bond motifs is 2. The van der Waals surface area contributed by atoms with Crippen LogP contribution in [0.5, 0.6) is 0 Å². The highest BCUT2D eigenvalue weighted by atomic mass is 14.9. The molecule has 0 saturated carbocycles. The van der Waals surface area contributed by atoms with Crippen molar-refractivity contribution in [3.63, 3.8) is 0 Å². The maximum Gasteiger partial charge on any atom is 0.160 e. The van der Waals surface area contributed by atoms with Crippen LogP contribution in [0, 0.1) is 0 Å². The van der Waals surface area contributed by atoms with Crippen molar-refractivity contribution >= 4 is 27.2 Å². The van der Waals surface area contributed by atoms with Gasteiger partial charge in [-0.3, -0.25) is 4.98 Å². The van der Waals surface area contributed by atoms with Gasteiger partial charge in [-0.15, -0.1) is 0 Å². The fourth-order valence-corrected chi connectivity index (χ4v) is 6.99. The largest absolute Gasteiger partial charge is 0.256 e. The summed E-state index contributed by atoms with van der Waals surface area (Å²) < 4.78 is 0. The fraction of sp³-hybridized carbons (Fsp3) is 0.0426. The van der Waals surface area contributed by atoms with Gasteiger partial charge in [0.25, 0.3) is 0 Å². The highest BCUT2D eigenvalue weighted by Gasteiger charge is 2.18. The molecular formula is C47H33N3. The molecule has 3 heteroatoms. The Morgan fingerprint density at radius 3 is 1.80 bits per heavy atom. The van der Waals surface area contributed by atoms with E-state index in [1.54, 1.807) is 0 Å². The number of para-hydroxylation sites is 1. The molecule has 0 amide bonds. The number of rotatable bonds is 6. The van der Waals surface area contributed by atoms with Gasteiger partial charge in [-0.2, -0.15) is 0 Å². The van der Waals surface area contributed by atoms with Crippen molar-refractivity contribution in [2.75, 3.05) is 0 Å². The number of pyridine rings is 1. The van der Waals surface area contributed by atoms with Gasteiger partial charge in [0.1, 0.15) is 0 Å². The predicted octanol–water partition coefficient (Wildman–Crippen LogP) is 12.0. The van der Waals surface area contributed by atoms with Crippen molar-refractivity contribution in [1.29, 1.82) is 0 Å². The van der Waals surface area contributed by atoms with E-state index >= 15 is 0 Å². The van der Waals surface area contributed by atoms with Crippen molar-refractivity contribution in [3.8, 4) is 44.8 Å². The third-order valence-corrected chi connectivity index (χ3v) is 9.70. The molecule has 0 aliphatic heterocycles. The molecule has 8 aromatic rings. The zero-order chi connectivity index (χ0) is 33.3. The highest BCUT2D eigenvalue weighted by molar-refractivity contribution is 5.87. The Morgan fingerprint density at radius 2 is 1.08 bits per heavy atom. The fourth-order valence-electron chi connectivity index (χ4n) is 6.99. The zero-order valence-corrected chi connectivity index (χ0v) is 27.4. The summed E-state index contributed by atoms with van der Waals surface area (Å²) >= 11 is 0. The van der Waals surface area contributed by atoms with Gasteiger partial charge in [-0.1, -0.05) is 158 Å². The first kappa shape index (κ1) is 29.7. The SMILES string of the molecule is C1=CC(c2cccc3ccccc23)CC=C1c1nc(-c2ccc(-c3ccccc3)cc2)cc(-c2ccc(-c3cnc4ccccc4c3)cc2)n1. The van der Waals surface area contributed by atoms with E-state index in [0.717, 1.165) is 62.4 Å². The lowest BCUT2D eigenvalue weighted by Gasteiger charge is -2.19. The van der Waals surface area contributed by atoms with Gasteiger partial charge < -0.3 is 0 Å². The Balaban J connectivity index is 1.07. The average molecular weight is 640 g/mol. The first-order valence-corrected chi connectivity index (χ1v) is 17.1. The van der Waals surface area contributed by atoms with Gasteiger partial charge in [0.2, 0.25) is 0 Å². The van der Waals surface area contributed by atoms with E-state index in [1.165, 1.54) is 27.5 Å². The van der Waals surface area contributed by atoms with Gasteiger partial charge >= 0.3 is 0 Å². The molecule has 0 saturated heterocycles. The summed E-state index contributed by atoms with van der Waals surface area (Å²) in [6, 6.07) is 55.5. The predicted molar refractivity (Wildman–Crippen MR) is 207 cm³/mol. The van der Waals surface area contributed by atoms with Crippen LogP contribution >= 0.6 is 0 Å². The Kier molecular flexibility index (Phi) is 7.64. The van der Waals surface area contributed by atoms with Crippen LogP contribution in [0.2, 0.25) is 0 Å². The van der Waals surface area contributed by atoms with Gasteiger partial charge in [0, 0.05) is 39.8 Å². The molecule has 236 valence electrons. The quantitative estimate of drug-likeness (QED) is 0.182. The van der Waals surface area contributed by atoms with Gasteiger partial charge in [0.05, 0.1) is 16.9 Å². The molecule has 2 aromatic heterocycles. The number of nitrogens with zero attached hydrogens (tertiary/aromatic N) is 3. The summed E-state index contributed by atoms with van der Waals surface area (Å²) in [7, 11) is 0. The molecule has 1 unspecified atom stereocenters. The van der Waals surface area contributed by atoms with E-state index < -0.39 is 0 Å². The summed E-state index contributed by atoms with van der Waals surface area (Å²) in [4.78, 5) is 15.0. The van der Waals surface area contributed by atoms with Gasteiger partial charge in [0.15, 0.2) is 5.82 Å². The third-order valence-electron chi connectivity index (χ3n) is 9.70. The molecule has 1 atom stereocenters. The molecule has 0 radical (unpaired) electrons. The summed E-state index contributed by atoms with van der Waals surface area (Å²) in [5.74, 6) is 1.04. The first-order chi connectivity index (χ1) is 24.7. The van der Waals surface area contributed by atoms with Crippen LogP contribution in [0.15, 0.2) is 182 Å². The second kappa shape index (κ2) is 12.9.